The summed E-state index contributed by atoms with van der Waals surface area (Å²) in [6, 6.07) is 0. The van der Waals surface area contributed by atoms with Crippen molar-refractivity contribution in [1.82, 2.24) is 0 Å². The molecule has 0 radical (unpaired) electrons. The Kier molecular flexibility index (Phi) is 3.59. The highest BCUT2D eigenvalue weighted by molar-refractivity contribution is 5.67. The lowest BCUT2D eigenvalue weighted by Crippen LogP contribution is -2.44. The summed E-state index contributed by atoms with van der Waals surface area (Å²) in [5, 5.41) is 0. The van der Waals surface area contributed by atoms with E-state index in [4.69, 9.17) is 9.47 Å². The lowest BCUT2D eigenvalue weighted by molar-refractivity contribution is -0.154. The molecule has 76 valence electrons. The Bertz CT molecular complexity index is 259. The van der Waals surface area contributed by atoms with Gasteiger partial charge in [0.15, 0.2) is 18.0 Å². The van der Waals surface area contributed by atoms with E-state index in [1.165, 1.54) is 0 Å². The van der Waals surface area contributed by atoms with Gasteiger partial charge in [0, 0.05) is 6.42 Å². The third kappa shape index (κ3) is 1.90. The number of aldehydes is 1. The maximum Gasteiger partial charge on any atom is 0.293 e. The molecular formula is C10H12O4. The van der Waals surface area contributed by atoms with Gasteiger partial charge >= 0.3 is 0 Å². The second-order valence-electron chi connectivity index (χ2n) is 2.96. The van der Waals surface area contributed by atoms with Crippen LogP contribution in [-0.2, 0) is 19.1 Å². The van der Waals surface area contributed by atoms with Gasteiger partial charge in [-0.2, -0.15) is 0 Å². The molecule has 0 aromatic carbocycles. The Morgan fingerprint density at radius 1 is 1.57 bits per heavy atom. The highest BCUT2D eigenvalue weighted by Crippen LogP contribution is 2.28. The molecule has 0 fully saturated rings. The van der Waals surface area contributed by atoms with Gasteiger partial charge in [-0.15, -0.1) is 6.58 Å². The first-order valence-corrected chi connectivity index (χ1v) is 4.26. The summed E-state index contributed by atoms with van der Waals surface area (Å²) < 4.78 is 10.1. The molecule has 0 spiro atoms. The summed E-state index contributed by atoms with van der Waals surface area (Å²) in [7, 11) is 0. The Hall–Kier alpha value is -1.42. The molecule has 0 bridgehead atoms. The van der Waals surface area contributed by atoms with Gasteiger partial charge in [-0.25, -0.2) is 0 Å². The summed E-state index contributed by atoms with van der Waals surface area (Å²) in [4.78, 5) is 21.1. The smallest absolute Gasteiger partial charge is 0.293 e. The zero-order valence-corrected chi connectivity index (χ0v) is 7.72. The summed E-state index contributed by atoms with van der Waals surface area (Å²) in [6.07, 6.45) is 5.41. The molecule has 0 aliphatic heterocycles. The van der Waals surface area contributed by atoms with Crippen molar-refractivity contribution in [2.45, 2.75) is 18.1 Å². The second kappa shape index (κ2) is 4.72. The fourth-order valence-electron chi connectivity index (χ4n) is 1.38. The number of ether oxygens (including phenoxy) is 2. The van der Waals surface area contributed by atoms with E-state index < -0.39 is 11.7 Å². The molecule has 0 saturated carbocycles. The van der Waals surface area contributed by atoms with Crippen LogP contribution in [0.5, 0.6) is 0 Å². The number of hydrogen-bond acceptors (Lipinski definition) is 4. The van der Waals surface area contributed by atoms with Crippen molar-refractivity contribution in [3.05, 3.63) is 24.8 Å². The van der Waals surface area contributed by atoms with Gasteiger partial charge in [0.05, 0.1) is 6.61 Å². The van der Waals surface area contributed by atoms with Gasteiger partial charge in [-0.1, -0.05) is 12.2 Å². The molecule has 0 N–H and O–H groups in total. The molecule has 14 heavy (non-hydrogen) atoms. The molecule has 1 aliphatic rings. The van der Waals surface area contributed by atoms with E-state index in [0.29, 0.717) is 19.2 Å². The monoisotopic (exact) mass is 196 g/mol. The Morgan fingerprint density at radius 2 is 2.36 bits per heavy atom. The maximum absolute atomic E-state index is 10.9. The molecule has 4 nitrogen and oxygen atoms in total. The van der Waals surface area contributed by atoms with Crippen LogP contribution >= 0.6 is 0 Å². The van der Waals surface area contributed by atoms with Crippen molar-refractivity contribution in [1.29, 1.82) is 0 Å². The van der Waals surface area contributed by atoms with E-state index in [9.17, 15) is 9.59 Å². The summed E-state index contributed by atoms with van der Waals surface area (Å²) in [6.45, 7) is 4.05. The molecule has 0 unspecified atom stereocenters. The van der Waals surface area contributed by atoms with Crippen LogP contribution in [0.3, 0.4) is 0 Å². The van der Waals surface area contributed by atoms with Gasteiger partial charge in [0.25, 0.3) is 6.47 Å². The van der Waals surface area contributed by atoms with E-state index in [1.807, 2.05) is 0 Å². The maximum atomic E-state index is 10.9. The number of carbonyl (C=O) groups excluding carboxylic acids is 2. The third-order valence-electron chi connectivity index (χ3n) is 2.10. The highest BCUT2D eigenvalue weighted by Gasteiger charge is 2.42. The van der Waals surface area contributed by atoms with Crippen molar-refractivity contribution in [3.8, 4) is 0 Å². The van der Waals surface area contributed by atoms with E-state index in [-0.39, 0.29) is 6.61 Å². The molecule has 0 aromatic heterocycles. The second-order valence-corrected chi connectivity index (χ2v) is 2.96. The standard InChI is InChI=1S/C10H12O4/c1-2-6-14-10(7-11)5-3-4-9(10)13-8-12/h2-4,7-9H,1,5-6H2/t9-,10+/m1/s1. The fraction of sp³-hybridized carbons (Fsp3) is 0.400. The Balaban J connectivity index is 2.71. The van der Waals surface area contributed by atoms with Crippen LogP contribution in [0.2, 0.25) is 0 Å². The van der Waals surface area contributed by atoms with Crippen molar-refractivity contribution in [3.63, 3.8) is 0 Å². The minimum absolute atomic E-state index is 0.249. The lowest BCUT2D eigenvalue weighted by atomic mass is 10.0. The number of carbonyl (C=O) groups is 2. The van der Waals surface area contributed by atoms with Gasteiger partial charge in [-0.05, 0) is 6.08 Å². The van der Waals surface area contributed by atoms with Gasteiger partial charge < -0.3 is 9.47 Å². The molecular weight excluding hydrogens is 184 g/mol. The van der Waals surface area contributed by atoms with E-state index in [1.54, 1.807) is 18.2 Å². The van der Waals surface area contributed by atoms with E-state index in [2.05, 4.69) is 6.58 Å². The van der Waals surface area contributed by atoms with Crippen LogP contribution in [0.4, 0.5) is 0 Å². The first kappa shape index (κ1) is 10.7. The molecule has 1 aliphatic carbocycles. The predicted molar refractivity (Wildman–Crippen MR) is 49.6 cm³/mol. The van der Waals surface area contributed by atoms with Crippen LogP contribution in [0.15, 0.2) is 24.8 Å². The van der Waals surface area contributed by atoms with Crippen LogP contribution in [-0.4, -0.2) is 31.1 Å². The average Bonchev–Trinajstić information content (AvgIpc) is 2.60. The normalized spacial score (nSPS) is 29.9. The summed E-state index contributed by atoms with van der Waals surface area (Å²) in [5.41, 5.74) is -1.06. The van der Waals surface area contributed by atoms with Crippen LogP contribution in [0, 0.1) is 0 Å². The minimum atomic E-state index is -1.06. The topological polar surface area (TPSA) is 52.6 Å². The van der Waals surface area contributed by atoms with Gasteiger partial charge in [-0.3, -0.25) is 9.59 Å². The van der Waals surface area contributed by atoms with Crippen molar-refractivity contribution >= 4 is 12.8 Å². The lowest BCUT2D eigenvalue weighted by Gasteiger charge is -2.27. The minimum Gasteiger partial charge on any atom is -0.457 e. The fourth-order valence-corrected chi connectivity index (χ4v) is 1.38. The van der Waals surface area contributed by atoms with Crippen molar-refractivity contribution in [2.75, 3.05) is 6.61 Å². The summed E-state index contributed by atoms with van der Waals surface area (Å²) in [5.74, 6) is 0. The summed E-state index contributed by atoms with van der Waals surface area (Å²) >= 11 is 0. The molecule has 0 aromatic rings. The third-order valence-corrected chi connectivity index (χ3v) is 2.10. The SMILES string of the molecule is C=CCO[C@]1(C=O)CC=C[C@H]1OC=O. The quantitative estimate of drug-likeness (QED) is 0.462. The van der Waals surface area contributed by atoms with E-state index in [0.717, 1.165) is 0 Å². The molecule has 4 heteroatoms. The molecule has 0 heterocycles. The Labute approximate surface area is 82.2 Å². The van der Waals surface area contributed by atoms with Crippen LogP contribution < -0.4 is 0 Å². The molecule has 0 amide bonds. The van der Waals surface area contributed by atoms with Crippen molar-refractivity contribution in [2.24, 2.45) is 0 Å². The average molecular weight is 196 g/mol. The predicted octanol–water partition coefficient (Wildman–Crippen LogP) is 0.628. The van der Waals surface area contributed by atoms with E-state index >= 15 is 0 Å². The zero-order chi connectivity index (χ0) is 10.4. The zero-order valence-electron chi connectivity index (χ0n) is 7.72. The van der Waals surface area contributed by atoms with Crippen LogP contribution in [0.1, 0.15) is 6.42 Å². The molecule has 0 saturated heterocycles. The number of rotatable bonds is 6. The molecule has 2 atom stereocenters. The number of hydrogen-bond donors (Lipinski definition) is 0. The first-order chi connectivity index (χ1) is 6.79. The Morgan fingerprint density at radius 3 is 2.93 bits per heavy atom. The van der Waals surface area contributed by atoms with Crippen LogP contribution in [0.25, 0.3) is 0 Å². The largest absolute Gasteiger partial charge is 0.457 e. The van der Waals surface area contributed by atoms with Crippen molar-refractivity contribution < 1.29 is 19.1 Å². The first-order valence-electron chi connectivity index (χ1n) is 4.26. The highest BCUT2D eigenvalue weighted by atomic mass is 16.6. The van der Waals surface area contributed by atoms with Gasteiger partial charge in [0.2, 0.25) is 0 Å². The molecule has 1 rings (SSSR count). The van der Waals surface area contributed by atoms with Gasteiger partial charge in [0.1, 0.15) is 0 Å².